The van der Waals surface area contributed by atoms with Gasteiger partial charge in [0.25, 0.3) is 0 Å². The maximum Gasteiger partial charge on any atom is 0.451 e. The number of anilines is 1. The van der Waals surface area contributed by atoms with Gasteiger partial charge in [-0.2, -0.15) is 13.2 Å². The first kappa shape index (κ1) is 24.7. The lowest BCUT2D eigenvalue weighted by atomic mass is 10.1. The number of alkyl halides is 3. The third kappa shape index (κ3) is 5.76. The van der Waals surface area contributed by atoms with Crippen molar-refractivity contribution in [2.24, 2.45) is 7.05 Å². The molecular weight excluding hydrogens is 461 g/mol. The molecule has 9 nitrogen and oxygen atoms in total. The lowest BCUT2D eigenvalue weighted by molar-refractivity contribution is -0.147. The minimum Gasteiger partial charge on any atom is -0.462 e. The molecule has 0 bridgehead atoms. The zero-order valence-corrected chi connectivity index (χ0v) is 18.6. The molecule has 0 spiro atoms. The number of thiophene rings is 1. The highest BCUT2D eigenvalue weighted by molar-refractivity contribution is 7.99. The standard InChI is InChI=1S/C17H19F3N4O5S2/c1-5-28-13(26)10-8(3)11(14(27)29-6-2)31-12(10)21-9(25)7-30-16-23-22-15(24(16)4)17(18,19)20/h5-7H2,1-4H3,(H,21,25). The van der Waals surface area contributed by atoms with Gasteiger partial charge < -0.3 is 19.4 Å². The average molecular weight is 480 g/mol. The number of amides is 1. The Morgan fingerprint density at radius 1 is 1.13 bits per heavy atom. The SMILES string of the molecule is CCOC(=O)c1sc(NC(=O)CSc2nnc(C(F)(F)F)n2C)c(C(=O)OCC)c1C. The fourth-order valence-electron chi connectivity index (χ4n) is 2.42. The molecule has 0 radical (unpaired) electrons. The Kier molecular flexibility index (Phi) is 8.06. The molecule has 1 N–H and O–H groups in total. The van der Waals surface area contributed by atoms with Gasteiger partial charge in [-0.1, -0.05) is 11.8 Å². The molecule has 0 aliphatic heterocycles. The van der Waals surface area contributed by atoms with Crippen molar-refractivity contribution in [1.29, 1.82) is 0 Å². The highest BCUT2D eigenvalue weighted by atomic mass is 32.2. The summed E-state index contributed by atoms with van der Waals surface area (Å²) in [6.07, 6.45) is -4.67. The zero-order valence-electron chi connectivity index (χ0n) is 17.0. The highest BCUT2D eigenvalue weighted by Crippen LogP contribution is 2.35. The fourth-order valence-corrected chi connectivity index (χ4v) is 4.24. The van der Waals surface area contributed by atoms with Crippen molar-refractivity contribution in [3.05, 3.63) is 21.8 Å². The van der Waals surface area contributed by atoms with Crippen LogP contribution in [0.2, 0.25) is 0 Å². The number of aromatic nitrogens is 3. The molecule has 2 aromatic heterocycles. The van der Waals surface area contributed by atoms with Crippen LogP contribution in [0, 0.1) is 6.92 Å². The first-order valence-electron chi connectivity index (χ1n) is 8.88. The number of nitrogens with one attached hydrogen (secondary N) is 1. The number of rotatable bonds is 8. The lowest BCUT2D eigenvalue weighted by Gasteiger charge is -2.08. The van der Waals surface area contributed by atoms with Gasteiger partial charge in [-0.15, -0.1) is 21.5 Å². The van der Waals surface area contributed by atoms with Crippen LogP contribution in [0.25, 0.3) is 0 Å². The molecule has 0 aromatic carbocycles. The molecule has 0 fully saturated rings. The van der Waals surface area contributed by atoms with Crippen LogP contribution in [-0.2, 0) is 27.5 Å². The first-order valence-corrected chi connectivity index (χ1v) is 10.7. The smallest absolute Gasteiger partial charge is 0.451 e. The van der Waals surface area contributed by atoms with E-state index in [0.29, 0.717) is 5.56 Å². The summed E-state index contributed by atoms with van der Waals surface area (Å²) in [7, 11) is 1.14. The number of carbonyl (C=O) groups is 3. The van der Waals surface area contributed by atoms with Gasteiger partial charge in [0.2, 0.25) is 11.7 Å². The molecule has 0 unspecified atom stereocenters. The van der Waals surface area contributed by atoms with Crippen molar-refractivity contribution >= 4 is 45.9 Å². The largest absolute Gasteiger partial charge is 0.462 e. The van der Waals surface area contributed by atoms with Crippen LogP contribution in [0.1, 0.15) is 45.3 Å². The Hall–Kier alpha value is -2.61. The van der Waals surface area contributed by atoms with Gasteiger partial charge >= 0.3 is 18.1 Å². The van der Waals surface area contributed by atoms with Gasteiger partial charge in [-0.25, -0.2) is 9.59 Å². The maximum absolute atomic E-state index is 12.8. The predicted molar refractivity (Wildman–Crippen MR) is 106 cm³/mol. The lowest BCUT2D eigenvalue weighted by Crippen LogP contribution is -2.17. The van der Waals surface area contributed by atoms with E-state index in [-0.39, 0.29) is 39.6 Å². The van der Waals surface area contributed by atoms with Crippen LogP contribution in [0.3, 0.4) is 0 Å². The number of thioether (sulfide) groups is 1. The zero-order chi connectivity index (χ0) is 23.3. The molecule has 31 heavy (non-hydrogen) atoms. The van der Waals surface area contributed by atoms with Crippen molar-refractivity contribution in [2.45, 2.75) is 32.1 Å². The minimum atomic E-state index is -4.67. The van der Waals surface area contributed by atoms with E-state index in [0.717, 1.165) is 34.7 Å². The quantitative estimate of drug-likeness (QED) is 0.453. The van der Waals surface area contributed by atoms with Crippen LogP contribution >= 0.6 is 23.1 Å². The maximum atomic E-state index is 12.8. The van der Waals surface area contributed by atoms with Crippen molar-refractivity contribution in [2.75, 3.05) is 24.3 Å². The Labute approximate surface area is 183 Å². The Balaban J connectivity index is 2.20. The monoisotopic (exact) mass is 480 g/mol. The van der Waals surface area contributed by atoms with Crippen molar-refractivity contribution in [1.82, 2.24) is 14.8 Å². The predicted octanol–water partition coefficient (Wildman–Crippen LogP) is 3.29. The normalized spacial score (nSPS) is 11.3. The Bertz CT molecular complexity index is 987. The van der Waals surface area contributed by atoms with E-state index < -0.39 is 29.8 Å². The van der Waals surface area contributed by atoms with Crippen LogP contribution in [0.4, 0.5) is 18.2 Å². The number of nitrogens with zero attached hydrogens (tertiary/aromatic N) is 3. The molecule has 2 aromatic rings. The molecule has 2 rings (SSSR count). The fraction of sp³-hybridized carbons (Fsp3) is 0.471. The summed E-state index contributed by atoms with van der Waals surface area (Å²) in [5.74, 6) is -3.49. The molecule has 0 saturated carbocycles. The Morgan fingerprint density at radius 2 is 1.74 bits per heavy atom. The van der Waals surface area contributed by atoms with Crippen LogP contribution in [0.5, 0.6) is 0 Å². The van der Waals surface area contributed by atoms with Crippen molar-refractivity contribution < 1.29 is 37.0 Å². The molecule has 1 amide bonds. The summed E-state index contributed by atoms with van der Waals surface area (Å²) in [5, 5.41) is 9.00. The molecular formula is C17H19F3N4O5S2. The summed E-state index contributed by atoms with van der Waals surface area (Å²) >= 11 is 1.59. The number of esters is 2. The van der Waals surface area contributed by atoms with Gasteiger partial charge in [0, 0.05) is 7.05 Å². The second-order valence-corrected chi connectivity index (χ2v) is 7.86. The second-order valence-electron chi connectivity index (χ2n) is 5.90. The van der Waals surface area contributed by atoms with Gasteiger partial charge in [-0.3, -0.25) is 4.79 Å². The van der Waals surface area contributed by atoms with Gasteiger partial charge in [0.15, 0.2) is 5.16 Å². The van der Waals surface area contributed by atoms with E-state index in [9.17, 15) is 27.6 Å². The molecule has 0 aliphatic carbocycles. The molecule has 0 saturated heterocycles. The summed E-state index contributed by atoms with van der Waals surface area (Å²) in [4.78, 5) is 37.0. The average Bonchev–Trinajstić information content (AvgIpc) is 3.20. The summed E-state index contributed by atoms with van der Waals surface area (Å²) in [6.45, 7) is 4.97. The molecule has 0 aliphatic rings. The molecule has 0 atom stereocenters. The van der Waals surface area contributed by atoms with E-state index in [1.807, 2.05) is 0 Å². The van der Waals surface area contributed by atoms with Crippen molar-refractivity contribution in [3.63, 3.8) is 0 Å². The summed E-state index contributed by atoms with van der Waals surface area (Å²) in [6, 6.07) is 0. The van der Waals surface area contributed by atoms with E-state index in [4.69, 9.17) is 9.47 Å². The number of hydrogen-bond donors (Lipinski definition) is 1. The molecule has 14 heteroatoms. The third-order valence-corrected chi connectivity index (χ3v) is 5.97. The van der Waals surface area contributed by atoms with Crippen LogP contribution in [0.15, 0.2) is 5.16 Å². The van der Waals surface area contributed by atoms with Gasteiger partial charge in [-0.05, 0) is 26.3 Å². The van der Waals surface area contributed by atoms with E-state index in [1.165, 1.54) is 6.92 Å². The number of ether oxygens (including phenoxy) is 2. The summed E-state index contributed by atoms with van der Waals surface area (Å²) in [5.41, 5.74) is 0.319. The van der Waals surface area contributed by atoms with Crippen LogP contribution < -0.4 is 5.32 Å². The number of hydrogen-bond acceptors (Lipinski definition) is 9. The first-order chi connectivity index (χ1) is 14.5. The van der Waals surface area contributed by atoms with E-state index in [1.54, 1.807) is 13.8 Å². The number of halogens is 3. The van der Waals surface area contributed by atoms with E-state index in [2.05, 4.69) is 15.5 Å². The third-order valence-electron chi connectivity index (χ3n) is 3.76. The second kappa shape index (κ2) is 10.1. The van der Waals surface area contributed by atoms with Crippen molar-refractivity contribution in [3.8, 4) is 0 Å². The number of carbonyl (C=O) groups excluding carboxylic acids is 3. The summed E-state index contributed by atoms with van der Waals surface area (Å²) < 4.78 is 49.1. The topological polar surface area (TPSA) is 112 Å². The van der Waals surface area contributed by atoms with Gasteiger partial charge in [0.1, 0.15) is 9.88 Å². The Morgan fingerprint density at radius 3 is 2.29 bits per heavy atom. The van der Waals surface area contributed by atoms with Crippen LogP contribution in [-0.4, -0.2) is 51.6 Å². The molecule has 2 heterocycles. The minimum absolute atomic E-state index is 0.0197. The molecule has 170 valence electrons. The van der Waals surface area contributed by atoms with Gasteiger partial charge in [0.05, 0.1) is 24.5 Å². The van der Waals surface area contributed by atoms with E-state index >= 15 is 0 Å². The highest BCUT2D eigenvalue weighted by Gasteiger charge is 2.37.